The van der Waals surface area contributed by atoms with E-state index in [4.69, 9.17) is 0 Å². The molecule has 0 bridgehead atoms. The van der Waals surface area contributed by atoms with E-state index < -0.39 is 0 Å². The molecule has 0 aromatic heterocycles. The lowest BCUT2D eigenvalue weighted by Crippen LogP contribution is -2.42. The van der Waals surface area contributed by atoms with Crippen molar-refractivity contribution in [1.29, 1.82) is 0 Å². The molecule has 2 aliphatic heterocycles. The van der Waals surface area contributed by atoms with Crippen LogP contribution >= 0.6 is 0 Å². The predicted molar refractivity (Wildman–Crippen MR) is 85.5 cm³/mol. The number of nitrogens with one attached hydrogen (secondary N) is 1. The smallest absolute Gasteiger partial charge is 0.0419 e. The van der Waals surface area contributed by atoms with Gasteiger partial charge in [-0.1, -0.05) is 25.3 Å². The van der Waals surface area contributed by atoms with Gasteiger partial charge in [-0.05, 0) is 55.2 Å². The van der Waals surface area contributed by atoms with Gasteiger partial charge in [-0.25, -0.2) is 0 Å². The van der Waals surface area contributed by atoms with Gasteiger partial charge in [0, 0.05) is 31.0 Å². The van der Waals surface area contributed by atoms with E-state index in [0.29, 0.717) is 0 Å². The van der Waals surface area contributed by atoms with Crippen LogP contribution in [0.4, 0.5) is 11.4 Å². The molecule has 2 fully saturated rings. The van der Waals surface area contributed by atoms with Gasteiger partial charge in [-0.3, -0.25) is 0 Å². The van der Waals surface area contributed by atoms with Crippen molar-refractivity contribution in [2.75, 3.05) is 29.9 Å². The van der Waals surface area contributed by atoms with E-state index in [1.54, 1.807) is 5.56 Å². The molecule has 1 aromatic carbocycles. The maximum absolute atomic E-state index is 3.57. The molecule has 2 atom stereocenters. The van der Waals surface area contributed by atoms with Crippen molar-refractivity contribution in [3.05, 3.63) is 23.8 Å². The number of piperidine rings is 1. The monoisotopic (exact) mass is 270 g/mol. The first-order valence-electron chi connectivity index (χ1n) is 8.52. The summed E-state index contributed by atoms with van der Waals surface area (Å²) in [7, 11) is 0. The minimum absolute atomic E-state index is 0.963. The summed E-state index contributed by atoms with van der Waals surface area (Å²) in [6.45, 7) is 3.72. The molecule has 0 spiro atoms. The van der Waals surface area contributed by atoms with E-state index in [0.717, 1.165) is 18.4 Å². The predicted octanol–water partition coefficient (Wildman–Crippen LogP) is 4.06. The van der Waals surface area contributed by atoms with Crippen LogP contribution in [0.3, 0.4) is 0 Å². The normalized spacial score (nSPS) is 29.3. The summed E-state index contributed by atoms with van der Waals surface area (Å²) < 4.78 is 0. The van der Waals surface area contributed by atoms with Crippen LogP contribution in [0, 0.1) is 11.8 Å². The quantitative estimate of drug-likeness (QED) is 0.828. The summed E-state index contributed by atoms with van der Waals surface area (Å²) in [5, 5.41) is 3.57. The van der Waals surface area contributed by atoms with E-state index in [1.807, 2.05) is 0 Å². The van der Waals surface area contributed by atoms with Crippen molar-refractivity contribution in [2.45, 2.75) is 44.9 Å². The van der Waals surface area contributed by atoms with Crippen LogP contribution in [0.25, 0.3) is 0 Å². The number of anilines is 2. The van der Waals surface area contributed by atoms with Crippen LogP contribution in [0.2, 0.25) is 0 Å². The third-order valence-electron chi connectivity index (χ3n) is 5.70. The summed E-state index contributed by atoms with van der Waals surface area (Å²) in [5.74, 6) is 1.99. The van der Waals surface area contributed by atoms with E-state index in [1.165, 1.54) is 69.4 Å². The van der Waals surface area contributed by atoms with Crippen LogP contribution in [-0.4, -0.2) is 19.6 Å². The molecule has 2 heteroatoms. The Labute approximate surface area is 122 Å². The Hall–Kier alpha value is -1.18. The van der Waals surface area contributed by atoms with Crippen LogP contribution in [0.1, 0.15) is 44.1 Å². The standard InChI is InChI=1S/C18H26N2/c1-2-6-15-13-20(12-10-14(15)5-1)18-9-3-8-17-16(18)7-4-11-19-17/h3,8-9,14-15,19H,1-2,4-7,10-13H2. The van der Waals surface area contributed by atoms with Gasteiger partial charge >= 0.3 is 0 Å². The number of fused-ring (bicyclic) bond motifs is 2. The lowest BCUT2D eigenvalue weighted by Gasteiger charge is -2.43. The molecule has 20 heavy (non-hydrogen) atoms. The van der Waals surface area contributed by atoms with Gasteiger partial charge in [-0.2, -0.15) is 0 Å². The second-order valence-corrected chi connectivity index (χ2v) is 6.87. The molecule has 1 saturated heterocycles. The first kappa shape index (κ1) is 12.6. The Balaban J connectivity index is 1.58. The highest BCUT2D eigenvalue weighted by Crippen LogP contribution is 2.39. The number of hydrogen-bond acceptors (Lipinski definition) is 2. The third-order valence-corrected chi connectivity index (χ3v) is 5.70. The molecule has 2 nitrogen and oxygen atoms in total. The van der Waals surface area contributed by atoms with Crippen LogP contribution in [0.5, 0.6) is 0 Å². The molecule has 0 radical (unpaired) electrons. The average molecular weight is 270 g/mol. The Bertz CT molecular complexity index is 482. The van der Waals surface area contributed by atoms with E-state index in [2.05, 4.69) is 28.4 Å². The molecule has 2 heterocycles. The van der Waals surface area contributed by atoms with Crippen molar-refractivity contribution in [2.24, 2.45) is 11.8 Å². The maximum Gasteiger partial charge on any atom is 0.0419 e. The van der Waals surface area contributed by atoms with Gasteiger partial charge in [0.25, 0.3) is 0 Å². The zero-order chi connectivity index (χ0) is 13.4. The van der Waals surface area contributed by atoms with Gasteiger partial charge in [-0.15, -0.1) is 0 Å². The molecular weight excluding hydrogens is 244 g/mol. The van der Waals surface area contributed by atoms with Crippen LogP contribution in [-0.2, 0) is 6.42 Å². The maximum atomic E-state index is 3.57. The number of nitrogens with zero attached hydrogens (tertiary/aromatic N) is 1. The fraction of sp³-hybridized carbons (Fsp3) is 0.667. The molecule has 1 saturated carbocycles. The third kappa shape index (κ3) is 2.19. The Morgan fingerprint density at radius 2 is 1.90 bits per heavy atom. The van der Waals surface area contributed by atoms with Crippen molar-refractivity contribution in [1.82, 2.24) is 0 Å². The second kappa shape index (κ2) is 5.31. The molecule has 2 unspecified atom stereocenters. The van der Waals surface area contributed by atoms with Crippen LogP contribution < -0.4 is 10.2 Å². The summed E-state index contributed by atoms with van der Waals surface area (Å²) in [5.41, 5.74) is 4.49. The first-order valence-corrected chi connectivity index (χ1v) is 8.52. The highest BCUT2D eigenvalue weighted by molar-refractivity contribution is 5.68. The highest BCUT2D eigenvalue weighted by atomic mass is 15.1. The number of rotatable bonds is 1. The second-order valence-electron chi connectivity index (χ2n) is 6.87. The lowest BCUT2D eigenvalue weighted by molar-refractivity contribution is 0.202. The van der Waals surface area contributed by atoms with Crippen molar-refractivity contribution in [3.63, 3.8) is 0 Å². The SMILES string of the molecule is c1cc2c(c(N3CCC4CCCCC4C3)c1)CCCN2. The van der Waals surface area contributed by atoms with E-state index >= 15 is 0 Å². The summed E-state index contributed by atoms with van der Waals surface area (Å²) >= 11 is 0. The fourth-order valence-corrected chi connectivity index (χ4v) is 4.61. The van der Waals surface area contributed by atoms with Gasteiger partial charge in [0.1, 0.15) is 0 Å². The Kier molecular flexibility index (Phi) is 3.33. The van der Waals surface area contributed by atoms with E-state index in [9.17, 15) is 0 Å². The molecule has 1 aliphatic carbocycles. The van der Waals surface area contributed by atoms with Crippen molar-refractivity contribution in [3.8, 4) is 0 Å². The Morgan fingerprint density at radius 3 is 2.85 bits per heavy atom. The van der Waals surface area contributed by atoms with Gasteiger partial charge < -0.3 is 10.2 Å². The van der Waals surface area contributed by atoms with Gasteiger partial charge in [0.05, 0.1) is 0 Å². The molecule has 4 rings (SSSR count). The average Bonchev–Trinajstić information content (AvgIpc) is 2.54. The minimum Gasteiger partial charge on any atom is -0.385 e. The summed E-state index contributed by atoms with van der Waals surface area (Å²) in [4.78, 5) is 2.69. The molecule has 1 aromatic rings. The molecule has 1 N–H and O–H groups in total. The molecular formula is C18H26N2. The highest BCUT2D eigenvalue weighted by Gasteiger charge is 2.32. The lowest BCUT2D eigenvalue weighted by atomic mass is 9.75. The topological polar surface area (TPSA) is 15.3 Å². The zero-order valence-corrected chi connectivity index (χ0v) is 12.4. The van der Waals surface area contributed by atoms with E-state index in [-0.39, 0.29) is 0 Å². The number of benzene rings is 1. The largest absolute Gasteiger partial charge is 0.385 e. The molecule has 3 aliphatic rings. The fourth-order valence-electron chi connectivity index (χ4n) is 4.61. The molecule has 108 valence electrons. The summed E-state index contributed by atoms with van der Waals surface area (Å²) in [6.07, 6.45) is 9.85. The zero-order valence-electron chi connectivity index (χ0n) is 12.4. The van der Waals surface area contributed by atoms with Crippen molar-refractivity contribution < 1.29 is 0 Å². The first-order chi connectivity index (χ1) is 9.92. The minimum atomic E-state index is 0.963. The van der Waals surface area contributed by atoms with Crippen LogP contribution in [0.15, 0.2) is 18.2 Å². The number of hydrogen-bond donors (Lipinski definition) is 1. The summed E-state index contributed by atoms with van der Waals surface area (Å²) in [6, 6.07) is 6.85. The van der Waals surface area contributed by atoms with Crippen molar-refractivity contribution >= 4 is 11.4 Å². The molecule has 0 amide bonds. The van der Waals surface area contributed by atoms with Gasteiger partial charge in [0.2, 0.25) is 0 Å². The Morgan fingerprint density at radius 1 is 1.00 bits per heavy atom. The van der Waals surface area contributed by atoms with Gasteiger partial charge in [0.15, 0.2) is 0 Å².